The summed E-state index contributed by atoms with van der Waals surface area (Å²) in [5.74, 6) is 0. The minimum Gasteiger partial charge on any atom is -0.604 e. The molecule has 0 aliphatic carbocycles. The van der Waals surface area contributed by atoms with Gasteiger partial charge in [0.15, 0.2) is 0 Å². The van der Waals surface area contributed by atoms with Gasteiger partial charge in [0.25, 0.3) is 0 Å². The van der Waals surface area contributed by atoms with Crippen LogP contribution in [0.25, 0.3) is 0 Å². The smallest absolute Gasteiger partial charge is 0.604 e. The second-order valence-corrected chi connectivity index (χ2v) is 0.798. The average molecular weight is 116 g/mol. The second kappa shape index (κ2) is 5.25. The van der Waals surface area contributed by atoms with Crippen LogP contribution < -0.4 is 56.2 Å². The average Bonchev–Trinajstić information content (AvgIpc) is 0.811. The topological polar surface area (TPSA) is 60.4 Å². The Morgan fingerprint density at radius 1 is 1.80 bits per heavy atom. The maximum absolute atomic E-state index is 8.63. The molecule has 0 heterocycles. The van der Waals surface area contributed by atoms with Crippen LogP contribution in [0.5, 0.6) is 0 Å². The van der Waals surface area contributed by atoms with Crippen LogP contribution in [0.4, 0.5) is 0 Å². The van der Waals surface area contributed by atoms with Crippen molar-refractivity contribution in [2.45, 2.75) is 0 Å². The van der Waals surface area contributed by atoms with Gasteiger partial charge in [-0.2, -0.15) is 0 Å². The van der Waals surface area contributed by atoms with Gasteiger partial charge >= 0.3 is 60.6 Å². The molecular formula is HKO3Si. The second-order valence-electron chi connectivity index (χ2n) is 0.266. The van der Waals surface area contributed by atoms with Crippen LogP contribution in [0, 0.1) is 0 Å². The first-order valence-electron chi connectivity index (χ1n) is 0.632. The van der Waals surface area contributed by atoms with Gasteiger partial charge in [-0.3, -0.25) is 0 Å². The molecule has 5 heavy (non-hydrogen) atoms. The van der Waals surface area contributed by atoms with E-state index < -0.39 is 9.17 Å². The van der Waals surface area contributed by atoms with Crippen molar-refractivity contribution < 1.29 is 65.4 Å². The van der Waals surface area contributed by atoms with Crippen molar-refractivity contribution >= 4 is 9.17 Å². The first kappa shape index (κ1) is 9.54. The molecule has 0 aromatic heterocycles. The Bertz CT molecular complexity index is 29.9. The molecular weight excluding hydrogens is 115 g/mol. The van der Waals surface area contributed by atoms with Crippen LogP contribution in [0.3, 0.4) is 0 Å². The van der Waals surface area contributed by atoms with Crippen molar-refractivity contribution in [3.63, 3.8) is 0 Å². The number of rotatable bonds is 0. The molecule has 0 saturated heterocycles. The van der Waals surface area contributed by atoms with Crippen LogP contribution in [0.1, 0.15) is 0 Å². The molecule has 0 bridgehead atoms. The Morgan fingerprint density at radius 2 is 1.80 bits per heavy atom. The molecule has 0 atom stereocenters. The summed E-state index contributed by atoms with van der Waals surface area (Å²) in [4.78, 5) is 15.7. The van der Waals surface area contributed by atoms with Gasteiger partial charge in [-0.15, -0.1) is 0 Å². The third-order valence-corrected chi connectivity index (χ3v) is 0. The SMILES string of the molecule is O=[Si]([O-])O.[K+]. The molecule has 0 fully saturated rings. The molecule has 0 spiro atoms. The van der Waals surface area contributed by atoms with Gasteiger partial charge < -0.3 is 14.1 Å². The van der Waals surface area contributed by atoms with Crippen molar-refractivity contribution in [1.82, 2.24) is 0 Å². The number of hydrogen-bond donors (Lipinski definition) is 1. The third-order valence-electron chi connectivity index (χ3n) is 0. The molecule has 0 aliphatic rings. The molecule has 3 nitrogen and oxygen atoms in total. The minimum atomic E-state index is -3.38. The molecule has 0 rings (SSSR count). The third kappa shape index (κ3) is 35.4. The summed E-state index contributed by atoms with van der Waals surface area (Å²) < 4.78 is 8.63. The van der Waals surface area contributed by atoms with Crippen molar-refractivity contribution in [2.75, 3.05) is 0 Å². The summed E-state index contributed by atoms with van der Waals surface area (Å²) in [5, 5.41) is 0. The standard InChI is InChI=1S/K.HO3Si/c;1-4(2)3/h;1H/q+1;-1. The maximum Gasteiger partial charge on any atom is 1.00 e. The Labute approximate surface area is 73.3 Å². The van der Waals surface area contributed by atoms with E-state index in [2.05, 4.69) is 0 Å². The van der Waals surface area contributed by atoms with Gasteiger partial charge in [-0.1, -0.05) is 0 Å². The van der Waals surface area contributed by atoms with Gasteiger partial charge in [0.05, 0.1) is 0 Å². The number of hydrogen-bond acceptors (Lipinski definition) is 2. The van der Waals surface area contributed by atoms with Crippen molar-refractivity contribution in [1.29, 1.82) is 0 Å². The molecule has 24 valence electrons. The summed E-state index contributed by atoms with van der Waals surface area (Å²) in [7, 11) is -3.38. The Hall–Kier alpha value is 1.25. The van der Waals surface area contributed by atoms with E-state index in [1.165, 1.54) is 0 Å². The summed E-state index contributed by atoms with van der Waals surface area (Å²) >= 11 is 0. The fraction of sp³-hybridized carbons (Fsp3) is 0. The molecule has 0 unspecified atom stereocenters. The van der Waals surface area contributed by atoms with E-state index in [0.717, 1.165) is 0 Å². The summed E-state index contributed by atoms with van der Waals surface area (Å²) in [6.45, 7) is 0. The van der Waals surface area contributed by atoms with Gasteiger partial charge in [-0.05, 0) is 0 Å². The summed E-state index contributed by atoms with van der Waals surface area (Å²) in [6.07, 6.45) is 0. The van der Waals surface area contributed by atoms with E-state index in [1.54, 1.807) is 0 Å². The van der Waals surface area contributed by atoms with Gasteiger partial charge in [0.1, 0.15) is 0 Å². The molecule has 0 aromatic carbocycles. The largest absolute Gasteiger partial charge is 1.00 e. The fourth-order valence-electron chi connectivity index (χ4n) is 0. The quantitative estimate of drug-likeness (QED) is 0.322. The zero-order chi connectivity index (χ0) is 3.58. The van der Waals surface area contributed by atoms with E-state index in [-0.39, 0.29) is 51.4 Å². The predicted molar refractivity (Wildman–Crippen MR) is 8.66 cm³/mol. The zero-order valence-electron chi connectivity index (χ0n) is 2.76. The molecule has 0 aromatic rings. The van der Waals surface area contributed by atoms with E-state index in [4.69, 9.17) is 14.1 Å². The molecule has 0 amide bonds. The van der Waals surface area contributed by atoms with Crippen molar-refractivity contribution in [2.24, 2.45) is 0 Å². The van der Waals surface area contributed by atoms with Gasteiger partial charge in [0, 0.05) is 0 Å². The van der Waals surface area contributed by atoms with Crippen LogP contribution in [0.2, 0.25) is 0 Å². The van der Waals surface area contributed by atoms with E-state index >= 15 is 0 Å². The van der Waals surface area contributed by atoms with Gasteiger partial charge in [0.2, 0.25) is 0 Å². The Kier molecular flexibility index (Phi) is 10.0. The van der Waals surface area contributed by atoms with E-state index in [1.807, 2.05) is 0 Å². The first-order chi connectivity index (χ1) is 1.73. The molecule has 0 saturated carbocycles. The molecule has 5 heteroatoms. The molecule has 1 N–H and O–H groups in total. The fourth-order valence-corrected chi connectivity index (χ4v) is 0. The van der Waals surface area contributed by atoms with Gasteiger partial charge in [-0.25, -0.2) is 0 Å². The van der Waals surface area contributed by atoms with Crippen LogP contribution in [-0.4, -0.2) is 14.0 Å². The van der Waals surface area contributed by atoms with E-state index in [0.29, 0.717) is 0 Å². The van der Waals surface area contributed by atoms with E-state index in [9.17, 15) is 0 Å². The maximum atomic E-state index is 8.63. The summed E-state index contributed by atoms with van der Waals surface area (Å²) in [6, 6.07) is 0. The van der Waals surface area contributed by atoms with Crippen molar-refractivity contribution in [3.05, 3.63) is 0 Å². The first-order valence-corrected chi connectivity index (χ1v) is 1.90. The monoisotopic (exact) mass is 116 g/mol. The van der Waals surface area contributed by atoms with Crippen LogP contribution in [0.15, 0.2) is 0 Å². The van der Waals surface area contributed by atoms with Crippen LogP contribution >= 0.6 is 0 Å². The summed E-state index contributed by atoms with van der Waals surface area (Å²) in [5.41, 5.74) is 0. The Morgan fingerprint density at radius 3 is 1.80 bits per heavy atom. The predicted octanol–water partition coefficient (Wildman–Crippen LogP) is -5.24. The van der Waals surface area contributed by atoms with Crippen molar-refractivity contribution in [3.8, 4) is 0 Å². The normalized spacial score (nSPS) is 4.80. The molecule has 0 aliphatic heterocycles. The van der Waals surface area contributed by atoms with Crippen LogP contribution in [-0.2, 0) is 4.46 Å². The molecule has 0 radical (unpaired) electrons. The zero-order valence-corrected chi connectivity index (χ0v) is 6.89. The Balaban J connectivity index is 0. The minimum absolute atomic E-state index is 0.